The van der Waals surface area contributed by atoms with Gasteiger partial charge in [-0.15, -0.1) is 11.3 Å². The first-order chi connectivity index (χ1) is 15.4. The smallest absolute Gasteiger partial charge is 0.337 e. The van der Waals surface area contributed by atoms with Crippen LogP contribution in [-0.2, 0) is 4.79 Å². The van der Waals surface area contributed by atoms with Crippen molar-refractivity contribution in [2.75, 3.05) is 5.32 Å². The maximum Gasteiger partial charge on any atom is 0.337 e. The number of carbonyl (C=O) groups excluding carboxylic acids is 1. The highest BCUT2D eigenvalue weighted by molar-refractivity contribution is 7.13. The first kappa shape index (κ1) is 19.9. The first-order valence-corrected chi connectivity index (χ1v) is 10.8. The van der Waals surface area contributed by atoms with E-state index < -0.39 is 5.97 Å². The zero-order valence-electron chi connectivity index (χ0n) is 17.3. The lowest BCUT2D eigenvalue weighted by molar-refractivity contribution is -0.110. The summed E-state index contributed by atoms with van der Waals surface area (Å²) in [7, 11) is 0. The zero-order valence-corrected chi connectivity index (χ0v) is 18.1. The van der Waals surface area contributed by atoms with Gasteiger partial charge in [-0.2, -0.15) is 0 Å². The van der Waals surface area contributed by atoms with E-state index in [4.69, 9.17) is 4.98 Å². The molecule has 0 bridgehead atoms. The van der Waals surface area contributed by atoms with Crippen LogP contribution in [0.3, 0.4) is 0 Å². The number of rotatable bonds is 4. The topological polar surface area (TPSA) is 108 Å². The van der Waals surface area contributed by atoms with Gasteiger partial charge in [0.05, 0.1) is 16.8 Å². The number of benzene rings is 1. The average molecular weight is 443 g/mol. The van der Waals surface area contributed by atoms with Gasteiger partial charge in [0.1, 0.15) is 10.8 Å². The highest BCUT2D eigenvalue weighted by Crippen LogP contribution is 2.36. The molecule has 4 aromatic rings. The minimum atomic E-state index is -1.00. The quantitative estimate of drug-likeness (QED) is 0.385. The van der Waals surface area contributed by atoms with Gasteiger partial charge in [-0.25, -0.2) is 14.8 Å². The molecule has 3 aromatic heterocycles. The molecule has 32 heavy (non-hydrogen) atoms. The summed E-state index contributed by atoms with van der Waals surface area (Å²) < 4.78 is 0. The second-order valence-corrected chi connectivity index (χ2v) is 8.36. The van der Waals surface area contributed by atoms with Gasteiger partial charge in [0.2, 0.25) is 0 Å². The number of fused-ring (bicyclic) bond motifs is 1. The third-order valence-electron chi connectivity index (χ3n) is 5.45. The molecule has 158 valence electrons. The van der Waals surface area contributed by atoms with Crippen LogP contribution in [-0.4, -0.2) is 31.9 Å². The molecule has 1 amide bonds. The van der Waals surface area contributed by atoms with Crippen LogP contribution in [0.2, 0.25) is 0 Å². The van der Waals surface area contributed by atoms with Crippen molar-refractivity contribution in [3.8, 4) is 21.8 Å². The van der Waals surface area contributed by atoms with Gasteiger partial charge in [-0.3, -0.25) is 4.79 Å². The van der Waals surface area contributed by atoms with E-state index in [1.54, 1.807) is 37.5 Å². The molecule has 0 aliphatic carbocycles. The van der Waals surface area contributed by atoms with Crippen LogP contribution in [0.25, 0.3) is 33.5 Å². The minimum absolute atomic E-state index is 0.221. The highest BCUT2D eigenvalue weighted by atomic mass is 32.1. The van der Waals surface area contributed by atoms with E-state index in [0.717, 1.165) is 21.8 Å². The number of carboxylic acid groups (broad SMARTS) is 1. The minimum Gasteiger partial charge on any atom is -0.478 e. The number of nitrogens with one attached hydrogen (secondary N) is 2. The Morgan fingerprint density at radius 3 is 2.66 bits per heavy atom. The Bertz CT molecular complexity index is 1420. The number of amides is 1. The lowest BCUT2D eigenvalue weighted by Gasteiger charge is -2.02. The third kappa shape index (κ3) is 3.30. The van der Waals surface area contributed by atoms with Gasteiger partial charge in [0.25, 0.3) is 5.91 Å². The van der Waals surface area contributed by atoms with Gasteiger partial charge in [0, 0.05) is 39.7 Å². The van der Waals surface area contributed by atoms with Gasteiger partial charge >= 0.3 is 5.97 Å². The number of thiazole rings is 1. The summed E-state index contributed by atoms with van der Waals surface area (Å²) in [5, 5.41) is 15.1. The summed E-state index contributed by atoms with van der Waals surface area (Å²) in [6, 6.07) is 11.8. The average Bonchev–Trinajstić information content (AvgIpc) is 3.45. The number of aryl methyl sites for hydroxylation is 1. The molecular formula is C24H18N4O3S. The van der Waals surface area contributed by atoms with Gasteiger partial charge < -0.3 is 15.4 Å². The van der Waals surface area contributed by atoms with E-state index in [9.17, 15) is 14.7 Å². The number of carbonyl (C=O) groups is 2. The second kappa shape index (κ2) is 7.58. The Balaban J connectivity index is 1.55. The van der Waals surface area contributed by atoms with Crippen LogP contribution >= 0.6 is 11.3 Å². The molecule has 3 N–H and O–H groups in total. The summed E-state index contributed by atoms with van der Waals surface area (Å²) in [5.74, 6) is -0.807. The van der Waals surface area contributed by atoms with Gasteiger partial charge in [0.15, 0.2) is 0 Å². The monoisotopic (exact) mass is 442 g/mol. The largest absolute Gasteiger partial charge is 0.478 e. The molecular weight excluding hydrogens is 424 g/mol. The lowest BCUT2D eigenvalue weighted by atomic mass is 10.0. The molecule has 0 radical (unpaired) electrons. The number of hydrogen-bond donors (Lipinski definition) is 3. The van der Waals surface area contributed by atoms with Crippen molar-refractivity contribution >= 4 is 40.7 Å². The SMILES string of the molecule is Cc1[nH]c(C=C2C(=O)Nc3ncc(-c4csc(-c5ccccc5)n4)cc32)c(C)c1C(=O)O. The van der Waals surface area contributed by atoms with Crippen LogP contribution in [0.1, 0.15) is 32.9 Å². The Hall–Kier alpha value is -4.04. The molecule has 4 heterocycles. The van der Waals surface area contributed by atoms with E-state index >= 15 is 0 Å². The molecule has 7 nitrogen and oxygen atoms in total. The van der Waals surface area contributed by atoms with E-state index in [2.05, 4.69) is 15.3 Å². The van der Waals surface area contributed by atoms with Crippen molar-refractivity contribution in [3.63, 3.8) is 0 Å². The number of pyridine rings is 1. The van der Waals surface area contributed by atoms with E-state index in [1.165, 1.54) is 0 Å². The van der Waals surface area contributed by atoms with Crippen LogP contribution in [0, 0.1) is 13.8 Å². The molecule has 1 aliphatic heterocycles. The van der Waals surface area contributed by atoms with Crippen LogP contribution in [0.5, 0.6) is 0 Å². The van der Waals surface area contributed by atoms with Crippen molar-refractivity contribution in [2.45, 2.75) is 13.8 Å². The van der Waals surface area contributed by atoms with Crippen LogP contribution < -0.4 is 5.32 Å². The number of aromatic nitrogens is 3. The molecule has 1 aliphatic rings. The predicted octanol–water partition coefficient (Wildman–Crippen LogP) is 5.01. The molecule has 0 unspecified atom stereocenters. The standard InChI is InChI=1S/C24H18N4O3S/c1-12-18(26-13(2)20(12)24(30)31)9-17-16-8-15(10-25-21(16)28-22(17)29)19-11-32-23(27-19)14-6-4-3-5-7-14/h3-11,26H,1-2H3,(H,30,31)(H,25,28,29). The predicted molar refractivity (Wildman–Crippen MR) is 125 cm³/mol. The molecule has 8 heteroatoms. The Morgan fingerprint density at radius 2 is 1.94 bits per heavy atom. The lowest BCUT2D eigenvalue weighted by Crippen LogP contribution is -2.04. The Labute approximate surface area is 187 Å². The van der Waals surface area contributed by atoms with Crippen molar-refractivity contribution in [3.05, 3.63) is 76.1 Å². The molecule has 1 aromatic carbocycles. The summed E-state index contributed by atoms with van der Waals surface area (Å²) in [6.07, 6.45) is 3.37. The second-order valence-electron chi connectivity index (χ2n) is 7.51. The first-order valence-electron chi connectivity index (χ1n) is 9.89. The number of aromatic amines is 1. The van der Waals surface area contributed by atoms with E-state index in [-0.39, 0.29) is 11.5 Å². The molecule has 0 saturated heterocycles. The summed E-state index contributed by atoms with van der Waals surface area (Å²) >= 11 is 1.55. The molecule has 0 spiro atoms. The van der Waals surface area contributed by atoms with Crippen molar-refractivity contribution in [1.82, 2.24) is 15.0 Å². The summed E-state index contributed by atoms with van der Waals surface area (Å²) in [6.45, 7) is 3.43. The number of nitrogens with zero attached hydrogens (tertiary/aromatic N) is 2. The van der Waals surface area contributed by atoms with Crippen LogP contribution in [0.4, 0.5) is 5.82 Å². The number of aromatic carboxylic acids is 1. The van der Waals surface area contributed by atoms with Crippen molar-refractivity contribution in [1.29, 1.82) is 0 Å². The Kier molecular flexibility index (Phi) is 4.71. The van der Waals surface area contributed by atoms with E-state index in [0.29, 0.717) is 33.9 Å². The van der Waals surface area contributed by atoms with Gasteiger partial charge in [-0.05, 0) is 31.6 Å². The fourth-order valence-corrected chi connectivity index (χ4v) is 4.69. The summed E-state index contributed by atoms with van der Waals surface area (Å²) in [5.41, 5.74) is 5.64. The number of anilines is 1. The zero-order chi connectivity index (χ0) is 22.4. The number of H-pyrrole nitrogens is 1. The molecule has 0 fully saturated rings. The maximum absolute atomic E-state index is 12.6. The summed E-state index contributed by atoms with van der Waals surface area (Å²) in [4.78, 5) is 36.4. The fourth-order valence-electron chi connectivity index (χ4n) is 3.85. The third-order valence-corrected chi connectivity index (χ3v) is 6.35. The van der Waals surface area contributed by atoms with Crippen LogP contribution in [0.15, 0.2) is 48.0 Å². The Morgan fingerprint density at radius 1 is 1.16 bits per heavy atom. The number of carboxylic acids is 1. The maximum atomic E-state index is 12.6. The van der Waals surface area contributed by atoms with Crippen molar-refractivity contribution < 1.29 is 14.7 Å². The molecule has 0 saturated carbocycles. The highest BCUT2D eigenvalue weighted by Gasteiger charge is 2.27. The fraction of sp³-hybridized carbons (Fsp3) is 0.0833. The van der Waals surface area contributed by atoms with E-state index in [1.807, 2.05) is 41.8 Å². The number of hydrogen-bond acceptors (Lipinski definition) is 5. The normalized spacial score (nSPS) is 13.9. The van der Waals surface area contributed by atoms with Gasteiger partial charge in [-0.1, -0.05) is 30.3 Å². The van der Waals surface area contributed by atoms with Crippen molar-refractivity contribution in [2.24, 2.45) is 0 Å². The molecule has 0 atom stereocenters. The molecule has 5 rings (SSSR count).